The van der Waals surface area contributed by atoms with Crippen LogP contribution in [0.2, 0.25) is 0 Å². The Hall–Kier alpha value is -1.70. The van der Waals surface area contributed by atoms with Crippen molar-refractivity contribution in [2.24, 2.45) is 17.8 Å². The molecule has 16 nitrogen and oxygen atoms in total. The number of nitrogens with one attached hydrogen (secondary N) is 1. The summed E-state index contributed by atoms with van der Waals surface area (Å²) in [5.41, 5.74) is -4.50. The van der Waals surface area contributed by atoms with Gasteiger partial charge in [0.25, 0.3) is 0 Å². The molecule has 0 unspecified atom stereocenters. The van der Waals surface area contributed by atoms with Gasteiger partial charge in [-0.05, 0) is 101 Å². The van der Waals surface area contributed by atoms with Crippen LogP contribution in [0.25, 0.3) is 0 Å². The van der Waals surface area contributed by atoms with E-state index in [-0.39, 0.29) is 37.3 Å². The minimum Gasteiger partial charge on any atom is -0.459 e. The Morgan fingerprint density at radius 2 is 1.62 bits per heavy atom. The molecule has 18 atom stereocenters. The molecule has 0 aromatic heterocycles. The molecule has 1 amide bonds. The molecule has 3 aliphatic rings. The Labute approximate surface area is 347 Å². The van der Waals surface area contributed by atoms with Gasteiger partial charge in [-0.3, -0.25) is 9.69 Å². The predicted octanol–water partition coefficient (Wildman–Crippen LogP) is 3.04. The van der Waals surface area contributed by atoms with Crippen molar-refractivity contribution in [1.82, 2.24) is 15.1 Å². The highest BCUT2D eigenvalue weighted by Gasteiger charge is 2.53. The maximum Gasteiger partial charge on any atom is 0.407 e. The quantitative estimate of drug-likeness (QED) is 0.201. The number of hydrogen-bond donors (Lipinski definition) is 5. The molecule has 0 bridgehead atoms. The Balaban J connectivity index is 2.21. The van der Waals surface area contributed by atoms with Crippen LogP contribution >= 0.6 is 0 Å². The Bertz CT molecular complexity index is 1310. The standard InChI is InChI=1S/C42H79N3O13/c1-16-18-43-39(49)58-36-27(7)45(14)22-23(3)20-40(9,50)35(57-38-32(46)29(44(12)13)19-24(4)53-38)25(5)33(26(6)37(48)55-30(17-2)42(36,11)51)56-31-21-41(10,52-15)34(47)28(8)54-31/h23-36,38,46-47,50-51H,16-22H2,1-15H3,(H,43,49)/t23-,24-,25+,26-,27-,28+,29+,30-,31+,32-,33+,34+,35-,36-,38+,40-,41-,42-/m1/s1. The predicted molar refractivity (Wildman–Crippen MR) is 217 cm³/mol. The molecular formula is C42H79N3O13. The molecule has 0 aromatic carbocycles. The van der Waals surface area contributed by atoms with E-state index in [1.807, 2.05) is 65.6 Å². The molecule has 0 radical (unpaired) electrons. The van der Waals surface area contributed by atoms with Crippen molar-refractivity contribution in [3.05, 3.63) is 0 Å². The van der Waals surface area contributed by atoms with E-state index in [9.17, 15) is 30.0 Å². The highest BCUT2D eigenvalue weighted by atomic mass is 16.7. The number of methoxy groups -OCH3 is 1. The number of hydrogen-bond acceptors (Lipinski definition) is 15. The van der Waals surface area contributed by atoms with Gasteiger partial charge >= 0.3 is 12.1 Å². The summed E-state index contributed by atoms with van der Waals surface area (Å²) in [6, 6.07) is -0.863. The zero-order valence-electron chi connectivity index (χ0n) is 38.0. The van der Waals surface area contributed by atoms with Crippen LogP contribution in [-0.4, -0.2) is 174 Å². The van der Waals surface area contributed by atoms with Crippen LogP contribution in [-0.2, 0) is 38.0 Å². The lowest BCUT2D eigenvalue weighted by atomic mass is 9.77. The van der Waals surface area contributed by atoms with Crippen molar-refractivity contribution >= 4 is 12.1 Å². The fourth-order valence-electron chi connectivity index (χ4n) is 9.32. The Morgan fingerprint density at radius 3 is 2.19 bits per heavy atom. The van der Waals surface area contributed by atoms with E-state index < -0.39 is 102 Å². The summed E-state index contributed by atoms with van der Waals surface area (Å²) < 4.78 is 43.9. The molecule has 0 saturated carbocycles. The third-order valence-electron chi connectivity index (χ3n) is 12.9. The van der Waals surface area contributed by atoms with E-state index >= 15 is 0 Å². The molecule has 340 valence electrons. The molecule has 3 saturated heterocycles. The SMILES string of the molecule is CCCNC(=O)O[C@@H]1[C@@H](C)N(C)C[C@H](C)C[C@@](C)(O)[C@H](O[C@@H]2O[C@H](C)C[C@H](N(C)C)[C@H]2O)[C@@H](C)[C@H](O[C@H]2C[C@@](C)(OC)[C@@H](O)[C@H](C)O2)[C@@H](C)C(=O)O[C@H](CC)[C@@]1(C)O. The molecule has 0 aromatic rings. The fourth-order valence-corrected chi connectivity index (χ4v) is 9.32. The smallest absolute Gasteiger partial charge is 0.407 e. The molecule has 0 spiro atoms. The summed E-state index contributed by atoms with van der Waals surface area (Å²) >= 11 is 0. The maximum absolute atomic E-state index is 14.5. The van der Waals surface area contributed by atoms with Gasteiger partial charge in [-0.15, -0.1) is 0 Å². The first kappa shape index (κ1) is 50.7. The minimum absolute atomic E-state index is 0.112. The van der Waals surface area contributed by atoms with Gasteiger partial charge in [-0.25, -0.2) is 4.79 Å². The summed E-state index contributed by atoms with van der Waals surface area (Å²) in [5.74, 6) is -2.74. The van der Waals surface area contributed by atoms with E-state index in [0.29, 0.717) is 25.9 Å². The number of nitrogens with zero attached hydrogens (tertiary/aromatic N) is 2. The molecule has 5 N–H and O–H groups in total. The van der Waals surface area contributed by atoms with Gasteiger partial charge in [0.2, 0.25) is 0 Å². The van der Waals surface area contributed by atoms with Crippen LogP contribution < -0.4 is 5.32 Å². The summed E-state index contributed by atoms with van der Waals surface area (Å²) in [6.45, 7) is 20.3. The monoisotopic (exact) mass is 834 g/mol. The first-order chi connectivity index (χ1) is 26.8. The van der Waals surface area contributed by atoms with Crippen molar-refractivity contribution in [3.8, 4) is 0 Å². The lowest BCUT2D eigenvalue weighted by Crippen LogP contribution is -2.61. The van der Waals surface area contributed by atoms with Crippen molar-refractivity contribution in [1.29, 1.82) is 0 Å². The van der Waals surface area contributed by atoms with Crippen LogP contribution in [0.5, 0.6) is 0 Å². The normalized spacial score (nSPS) is 45.5. The van der Waals surface area contributed by atoms with Crippen molar-refractivity contribution in [2.45, 2.75) is 199 Å². The number of aliphatic hydroxyl groups is 4. The number of aliphatic hydroxyl groups excluding tert-OH is 2. The Morgan fingerprint density at radius 1 is 0.983 bits per heavy atom. The molecule has 3 heterocycles. The second kappa shape index (κ2) is 20.9. The zero-order chi connectivity index (χ0) is 44.1. The van der Waals surface area contributed by atoms with Gasteiger partial charge in [0, 0.05) is 44.6 Å². The average molecular weight is 834 g/mol. The number of likely N-dealkylation sites (N-methyl/N-ethyl adjacent to an activating group) is 2. The summed E-state index contributed by atoms with van der Waals surface area (Å²) in [7, 11) is 7.12. The topological polar surface area (TPSA) is 198 Å². The van der Waals surface area contributed by atoms with E-state index in [4.69, 9.17) is 33.2 Å². The molecule has 3 rings (SSSR count). The molecule has 3 fully saturated rings. The third-order valence-corrected chi connectivity index (χ3v) is 12.9. The number of esters is 1. The summed E-state index contributed by atoms with van der Waals surface area (Å²) in [5, 5.41) is 50.3. The fraction of sp³-hybridized carbons (Fsp3) is 0.952. The molecule has 0 aliphatic carbocycles. The van der Waals surface area contributed by atoms with Crippen LogP contribution in [0.15, 0.2) is 0 Å². The number of cyclic esters (lactones) is 1. The van der Waals surface area contributed by atoms with Gasteiger partial charge in [0.1, 0.15) is 23.9 Å². The van der Waals surface area contributed by atoms with Gasteiger partial charge in [0.05, 0.1) is 41.5 Å². The first-order valence-corrected chi connectivity index (χ1v) is 21.3. The van der Waals surface area contributed by atoms with Crippen LogP contribution in [0.4, 0.5) is 4.79 Å². The largest absolute Gasteiger partial charge is 0.459 e. The minimum atomic E-state index is -1.85. The summed E-state index contributed by atoms with van der Waals surface area (Å²) in [4.78, 5) is 31.5. The van der Waals surface area contributed by atoms with E-state index in [0.717, 1.165) is 0 Å². The summed E-state index contributed by atoms with van der Waals surface area (Å²) in [6.07, 6.45) is -8.47. The highest BCUT2D eigenvalue weighted by molar-refractivity contribution is 5.73. The van der Waals surface area contributed by atoms with Crippen LogP contribution in [0.1, 0.15) is 108 Å². The second-order valence-electron chi connectivity index (χ2n) is 18.5. The van der Waals surface area contributed by atoms with Crippen LogP contribution in [0, 0.1) is 17.8 Å². The van der Waals surface area contributed by atoms with Gasteiger partial charge < -0.3 is 63.8 Å². The number of carbonyl (C=O) groups excluding carboxylic acids is 2. The number of rotatable bonds is 10. The van der Waals surface area contributed by atoms with E-state index in [1.54, 1.807) is 34.6 Å². The lowest BCUT2D eigenvalue weighted by Gasteiger charge is -2.48. The van der Waals surface area contributed by atoms with Crippen LogP contribution in [0.3, 0.4) is 0 Å². The van der Waals surface area contributed by atoms with E-state index in [2.05, 4.69) is 5.32 Å². The highest BCUT2D eigenvalue weighted by Crippen LogP contribution is 2.40. The maximum atomic E-state index is 14.5. The van der Waals surface area contributed by atoms with Gasteiger partial charge in [-0.1, -0.05) is 27.7 Å². The number of amides is 1. The Kier molecular flexibility index (Phi) is 18.3. The van der Waals surface area contributed by atoms with Crippen molar-refractivity contribution < 1.29 is 63.2 Å². The van der Waals surface area contributed by atoms with Crippen molar-refractivity contribution in [2.75, 3.05) is 41.3 Å². The third kappa shape index (κ3) is 12.0. The lowest BCUT2D eigenvalue weighted by molar-refractivity contribution is -0.318. The average Bonchev–Trinajstić information content (AvgIpc) is 3.14. The molecule has 16 heteroatoms. The van der Waals surface area contributed by atoms with E-state index in [1.165, 1.54) is 14.0 Å². The first-order valence-electron chi connectivity index (χ1n) is 21.3. The molecule has 3 aliphatic heterocycles. The number of carbonyl (C=O) groups is 2. The molecular weight excluding hydrogens is 754 g/mol. The zero-order valence-corrected chi connectivity index (χ0v) is 38.0. The number of ether oxygens (including phenoxy) is 7. The number of alkyl carbamates (subject to hydrolysis) is 1. The van der Waals surface area contributed by atoms with Gasteiger partial charge in [-0.2, -0.15) is 0 Å². The van der Waals surface area contributed by atoms with Gasteiger partial charge in [0.15, 0.2) is 18.7 Å². The van der Waals surface area contributed by atoms with Crippen molar-refractivity contribution in [3.63, 3.8) is 0 Å². The molecule has 58 heavy (non-hydrogen) atoms. The second-order valence-corrected chi connectivity index (χ2v) is 18.5.